The Hall–Kier alpha value is -6.28. The van der Waals surface area contributed by atoms with E-state index in [1.54, 1.807) is 49.4 Å². The molecule has 0 unspecified atom stereocenters. The van der Waals surface area contributed by atoms with E-state index in [4.69, 9.17) is 14.5 Å². The minimum atomic E-state index is -0.966. The maximum Gasteiger partial charge on any atom is 0.338 e. The van der Waals surface area contributed by atoms with E-state index in [1.807, 2.05) is 6.07 Å². The number of ether oxygens (including phenoxy) is 2. The molecule has 1 aromatic heterocycles. The zero-order valence-electron chi connectivity index (χ0n) is 24.9. The maximum absolute atomic E-state index is 14.0. The SMILES string of the molecule is CCOC(=O)C1=C(c2ccccc2)N=c2s/c(=C\c3ccc(Oc4ccc([N+](=O)[O-])cc4[N+](=O)[O-])cc3)c(=O)n2[C@H]1c1ccc(F)cc1. The third-order valence-electron chi connectivity index (χ3n) is 7.32. The van der Waals surface area contributed by atoms with Gasteiger partial charge in [0.2, 0.25) is 5.75 Å². The molecule has 14 heteroatoms. The number of nitro benzene ring substituents is 2. The van der Waals surface area contributed by atoms with E-state index in [0.29, 0.717) is 27.2 Å². The number of nitrogens with zero attached hydrogens (tertiary/aromatic N) is 4. The Morgan fingerprint density at radius 3 is 2.33 bits per heavy atom. The number of carbonyl (C=O) groups excluding carboxylic acids is 1. The van der Waals surface area contributed by atoms with E-state index in [0.717, 1.165) is 29.5 Å². The van der Waals surface area contributed by atoms with Crippen LogP contribution in [0.5, 0.6) is 11.5 Å². The van der Waals surface area contributed by atoms with Crippen molar-refractivity contribution in [3.8, 4) is 11.5 Å². The van der Waals surface area contributed by atoms with Crippen LogP contribution in [0.1, 0.15) is 29.7 Å². The summed E-state index contributed by atoms with van der Waals surface area (Å²) in [7, 11) is 0. The number of rotatable bonds is 9. The van der Waals surface area contributed by atoms with Crippen molar-refractivity contribution in [2.45, 2.75) is 13.0 Å². The molecule has 0 radical (unpaired) electrons. The minimum Gasteiger partial charge on any atom is -0.463 e. The summed E-state index contributed by atoms with van der Waals surface area (Å²) in [6, 6.07) is 23.0. The fourth-order valence-electron chi connectivity index (χ4n) is 5.16. The van der Waals surface area contributed by atoms with Crippen LogP contribution in [0.4, 0.5) is 15.8 Å². The van der Waals surface area contributed by atoms with Crippen molar-refractivity contribution < 1.29 is 28.5 Å². The van der Waals surface area contributed by atoms with Gasteiger partial charge in [-0.25, -0.2) is 14.2 Å². The molecule has 12 nitrogen and oxygen atoms in total. The van der Waals surface area contributed by atoms with Crippen molar-refractivity contribution in [3.05, 3.63) is 165 Å². The molecule has 0 saturated heterocycles. The first-order valence-electron chi connectivity index (χ1n) is 14.4. The lowest BCUT2D eigenvalue weighted by Gasteiger charge is -2.25. The number of benzene rings is 4. The van der Waals surface area contributed by atoms with Crippen LogP contribution in [0.15, 0.2) is 112 Å². The Labute approximate surface area is 274 Å². The van der Waals surface area contributed by atoms with E-state index in [1.165, 1.54) is 41.0 Å². The molecule has 2 heterocycles. The first kappa shape index (κ1) is 31.7. The van der Waals surface area contributed by atoms with Gasteiger partial charge < -0.3 is 9.47 Å². The monoisotopic (exact) mass is 666 g/mol. The number of thiazole rings is 1. The third kappa shape index (κ3) is 6.24. The summed E-state index contributed by atoms with van der Waals surface area (Å²) in [5.41, 5.74) is 0.709. The second-order valence-electron chi connectivity index (χ2n) is 10.3. The Morgan fingerprint density at radius 2 is 1.69 bits per heavy atom. The molecule has 1 atom stereocenters. The molecular formula is C34H23FN4O8S. The van der Waals surface area contributed by atoms with Crippen molar-refractivity contribution in [2.75, 3.05) is 6.61 Å². The van der Waals surface area contributed by atoms with Gasteiger partial charge in [-0.2, -0.15) is 0 Å². The van der Waals surface area contributed by atoms with Crippen LogP contribution in [0, 0.1) is 26.0 Å². The van der Waals surface area contributed by atoms with Gasteiger partial charge in [0.15, 0.2) is 4.80 Å². The summed E-state index contributed by atoms with van der Waals surface area (Å²) in [4.78, 5) is 53.6. The molecular weight excluding hydrogens is 643 g/mol. The lowest BCUT2D eigenvalue weighted by atomic mass is 9.93. The number of fused-ring (bicyclic) bond motifs is 1. The van der Waals surface area contributed by atoms with E-state index < -0.39 is 44.6 Å². The first-order valence-corrected chi connectivity index (χ1v) is 15.2. The molecule has 5 aromatic rings. The summed E-state index contributed by atoms with van der Waals surface area (Å²) in [6.07, 6.45) is 1.62. The number of hydrogen-bond donors (Lipinski definition) is 0. The number of aromatic nitrogens is 1. The molecule has 1 aliphatic heterocycles. The van der Waals surface area contributed by atoms with Crippen LogP contribution < -0.4 is 19.6 Å². The topological polar surface area (TPSA) is 156 Å². The molecule has 0 amide bonds. The van der Waals surface area contributed by atoms with Crippen molar-refractivity contribution >= 4 is 40.5 Å². The lowest BCUT2D eigenvalue weighted by molar-refractivity contribution is -0.394. The van der Waals surface area contributed by atoms with Gasteiger partial charge in [0.1, 0.15) is 11.6 Å². The smallest absolute Gasteiger partial charge is 0.338 e. The minimum absolute atomic E-state index is 0.0855. The fraction of sp³-hybridized carbons (Fsp3) is 0.0882. The highest BCUT2D eigenvalue weighted by atomic mass is 32.1. The number of hydrogen-bond acceptors (Lipinski definition) is 10. The zero-order chi connectivity index (χ0) is 33.9. The van der Waals surface area contributed by atoms with Crippen LogP contribution in [0.3, 0.4) is 0 Å². The highest BCUT2D eigenvalue weighted by molar-refractivity contribution is 7.07. The number of nitro groups is 2. The number of non-ortho nitro benzene ring substituents is 1. The van der Waals surface area contributed by atoms with E-state index >= 15 is 0 Å². The second kappa shape index (κ2) is 13.2. The third-order valence-corrected chi connectivity index (χ3v) is 8.30. The fourth-order valence-corrected chi connectivity index (χ4v) is 6.16. The van der Waals surface area contributed by atoms with Crippen LogP contribution >= 0.6 is 11.3 Å². The maximum atomic E-state index is 14.0. The molecule has 240 valence electrons. The second-order valence-corrected chi connectivity index (χ2v) is 11.3. The van der Waals surface area contributed by atoms with Gasteiger partial charge in [0.05, 0.1) is 44.4 Å². The molecule has 0 fully saturated rings. The van der Waals surface area contributed by atoms with Crippen molar-refractivity contribution in [3.63, 3.8) is 0 Å². The van der Waals surface area contributed by atoms with Crippen LogP contribution in [0.25, 0.3) is 11.8 Å². The van der Waals surface area contributed by atoms with Crippen molar-refractivity contribution in [2.24, 2.45) is 4.99 Å². The zero-order valence-corrected chi connectivity index (χ0v) is 25.8. The normalized spacial score (nSPS) is 14.2. The van der Waals surface area contributed by atoms with Gasteiger partial charge in [-0.1, -0.05) is 65.9 Å². The molecule has 1 aliphatic rings. The Balaban J connectivity index is 1.43. The lowest BCUT2D eigenvalue weighted by Crippen LogP contribution is -2.40. The van der Waals surface area contributed by atoms with Crippen LogP contribution in [0.2, 0.25) is 0 Å². The van der Waals surface area contributed by atoms with Crippen molar-refractivity contribution in [1.82, 2.24) is 4.57 Å². The van der Waals surface area contributed by atoms with Gasteiger partial charge in [0, 0.05) is 11.6 Å². The summed E-state index contributed by atoms with van der Waals surface area (Å²) in [5, 5.41) is 22.5. The summed E-state index contributed by atoms with van der Waals surface area (Å²) >= 11 is 1.11. The average molecular weight is 667 g/mol. The standard InChI is InChI=1S/C34H23FN4O8S/c1-2-46-33(41)29-30(21-6-4-3-5-7-21)36-34-37(31(29)22-10-12-23(35)13-11-22)32(40)28(48-34)18-20-8-15-25(16-9-20)47-27-17-14-24(38(42)43)19-26(27)39(44)45/h3-19,31H,2H2,1H3/b28-18-/t31-/m0/s1. The number of halogens is 1. The van der Waals surface area contributed by atoms with E-state index in [2.05, 4.69) is 0 Å². The highest BCUT2D eigenvalue weighted by Crippen LogP contribution is 2.36. The summed E-state index contributed by atoms with van der Waals surface area (Å²) < 4.78 is 26.7. The summed E-state index contributed by atoms with van der Waals surface area (Å²) in [6.45, 7) is 1.76. The van der Waals surface area contributed by atoms with Gasteiger partial charge in [0.25, 0.3) is 11.2 Å². The van der Waals surface area contributed by atoms with Crippen molar-refractivity contribution in [1.29, 1.82) is 0 Å². The molecule has 6 rings (SSSR count). The molecule has 0 spiro atoms. The first-order chi connectivity index (χ1) is 23.1. The highest BCUT2D eigenvalue weighted by Gasteiger charge is 2.35. The van der Waals surface area contributed by atoms with E-state index in [9.17, 15) is 34.2 Å². The quantitative estimate of drug-likeness (QED) is 0.110. The van der Waals surface area contributed by atoms with Gasteiger partial charge in [-0.15, -0.1) is 0 Å². The summed E-state index contributed by atoms with van der Waals surface area (Å²) in [5.74, 6) is -1.10. The number of carbonyl (C=O) groups is 1. The average Bonchev–Trinajstić information content (AvgIpc) is 3.39. The van der Waals surface area contributed by atoms with Crippen LogP contribution in [-0.4, -0.2) is 27.0 Å². The Kier molecular flexibility index (Phi) is 8.73. The van der Waals surface area contributed by atoms with Crippen LogP contribution in [-0.2, 0) is 9.53 Å². The molecule has 48 heavy (non-hydrogen) atoms. The van der Waals surface area contributed by atoms with Gasteiger partial charge >= 0.3 is 11.7 Å². The Bertz CT molecular complexity index is 2280. The largest absolute Gasteiger partial charge is 0.463 e. The molecule has 0 N–H and O–H groups in total. The molecule has 4 aromatic carbocycles. The molecule has 0 saturated carbocycles. The van der Waals surface area contributed by atoms with E-state index in [-0.39, 0.29) is 28.2 Å². The van der Waals surface area contributed by atoms with Gasteiger partial charge in [-0.3, -0.25) is 29.6 Å². The molecule has 0 bridgehead atoms. The number of esters is 1. The van der Waals surface area contributed by atoms with Gasteiger partial charge in [-0.05, 0) is 54.5 Å². The Morgan fingerprint density at radius 1 is 0.979 bits per heavy atom. The predicted molar refractivity (Wildman–Crippen MR) is 174 cm³/mol. The molecule has 0 aliphatic carbocycles. The predicted octanol–water partition coefficient (Wildman–Crippen LogP) is 5.68.